The molecule has 32 heavy (non-hydrogen) atoms. The first-order valence-corrected chi connectivity index (χ1v) is 9.83. The molecule has 1 spiro atoms. The highest BCUT2D eigenvalue weighted by Crippen LogP contribution is 2.46. The normalized spacial score (nSPS) is 22.8. The summed E-state index contributed by atoms with van der Waals surface area (Å²) in [5.74, 6) is -1.96. The molecule has 2 saturated heterocycles. The predicted octanol–water partition coefficient (Wildman–Crippen LogP) is 3.13. The van der Waals surface area contributed by atoms with Gasteiger partial charge in [-0.2, -0.15) is 13.2 Å². The third kappa shape index (κ3) is 4.32. The summed E-state index contributed by atoms with van der Waals surface area (Å²) in [6.07, 6.45) is 0.624. The highest BCUT2D eigenvalue weighted by molar-refractivity contribution is 6.02. The first-order valence-electron chi connectivity index (χ1n) is 9.83. The van der Waals surface area contributed by atoms with Crippen LogP contribution in [-0.2, 0) is 9.59 Å². The second kappa shape index (κ2) is 8.64. The van der Waals surface area contributed by atoms with Gasteiger partial charge in [0.2, 0.25) is 5.91 Å². The summed E-state index contributed by atoms with van der Waals surface area (Å²) in [5.41, 5.74) is 0.911. The monoisotopic (exact) mass is 453 g/mol. The minimum absolute atomic E-state index is 0.0531. The van der Waals surface area contributed by atoms with Crippen LogP contribution in [0.2, 0.25) is 0 Å². The van der Waals surface area contributed by atoms with Crippen LogP contribution in [0.25, 0.3) is 0 Å². The standard InChI is InChI=1S/C19H21N3O3.C2HF3O2/c1-13-11-21(17(23)16-5-9-25-14(16)2)12-19(13)6-8-22(18(19)24)15-4-3-7-20-10-15;3-2(4,5)1(6)7/h3-5,7,9-10,13H,6,8,11-12H2,1-2H3;(H,6,7)/t13-,19-;/m1./s1. The number of anilines is 1. The molecule has 0 radical (unpaired) electrons. The van der Waals surface area contributed by atoms with Gasteiger partial charge in [-0.1, -0.05) is 6.92 Å². The minimum Gasteiger partial charge on any atom is -0.475 e. The Morgan fingerprint density at radius 1 is 1.31 bits per heavy atom. The number of nitrogens with zero attached hydrogens (tertiary/aromatic N) is 3. The first kappa shape index (κ1) is 23.3. The van der Waals surface area contributed by atoms with E-state index in [-0.39, 0.29) is 17.7 Å². The van der Waals surface area contributed by atoms with Gasteiger partial charge in [0.25, 0.3) is 5.91 Å². The number of halogens is 3. The molecule has 4 heterocycles. The van der Waals surface area contributed by atoms with Gasteiger partial charge in [-0.25, -0.2) is 4.79 Å². The molecule has 2 amide bonds. The van der Waals surface area contributed by atoms with Gasteiger partial charge in [0.05, 0.1) is 29.1 Å². The number of furan rings is 1. The molecule has 2 atom stereocenters. The highest BCUT2D eigenvalue weighted by atomic mass is 19.4. The maximum atomic E-state index is 13.2. The Balaban J connectivity index is 0.000000360. The molecule has 0 unspecified atom stereocenters. The van der Waals surface area contributed by atoms with Gasteiger partial charge < -0.3 is 19.3 Å². The minimum atomic E-state index is -5.08. The van der Waals surface area contributed by atoms with Crippen molar-refractivity contribution >= 4 is 23.5 Å². The lowest BCUT2D eigenvalue weighted by atomic mass is 9.78. The lowest BCUT2D eigenvalue weighted by molar-refractivity contribution is -0.192. The zero-order valence-corrected chi connectivity index (χ0v) is 17.4. The Morgan fingerprint density at radius 2 is 2.00 bits per heavy atom. The molecule has 1 N–H and O–H groups in total. The molecule has 8 nitrogen and oxygen atoms in total. The summed E-state index contributed by atoms with van der Waals surface area (Å²) in [6, 6.07) is 5.44. The second-order valence-electron chi connectivity index (χ2n) is 7.85. The van der Waals surface area contributed by atoms with Gasteiger partial charge in [-0.3, -0.25) is 14.6 Å². The topological polar surface area (TPSA) is 104 Å². The summed E-state index contributed by atoms with van der Waals surface area (Å²) in [7, 11) is 0. The quantitative estimate of drug-likeness (QED) is 0.749. The summed E-state index contributed by atoms with van der Waals surface area (Å²) >= 11 is 0. The van der Waals surface area contributed by atoms with E-state index in [1.54, 1.807) is 35.2 Å². The molecule has 2 aliphatic heterocycles. The largest absolute Gasteiger partial charge is 0.490 e. The number of aliphatic carboxylic acids is 1. The number of hydrogen-bond donors (Lipinski definition) is 1. The van der Waals surface area contributed by atoms with Crippen LogP contribution in [0, 0.1) is 18.3 Å². The maximum absolute atomic E-state index is 13.2. The number of rotatable bonds is 2. The fourth-order valence-electron chi connectivity index (χ4n) is 4.15. The van der Waals surface area contributed by atoms with E-state index in [1.807, 2.05) is 12.1 Å². The van der Waals surface area contributed by atoms with Crippen LogP contribution in [0.3, 0.4) is 0 Å². The third-order valence-corrected chi connectivity index (χ3v) is 5.94. The van der Waals surface area contributed by atoms with Crippen LogP contribution < -0.4 is 4.90 Å². The number of likely N-dealkylation sites (tertiary alicyclic amines) is 1. The molecule has 2 fully saturated rings. The van der Waals surface area contributed by atoms with Gasteiger partial charge in [0.15, 0.2) is 0 Å². The predicted molar refractivity (Wildman–Crippen MR) is 106 cm³/mol. The maximum Gasteiger partial charge on any atom is 0.490 e. The molecule has 2 aliphatic rings. The van der Waals surface area contributed by atoms with E-state index in [0.717, 1.165) is 12.1 Å². The first-order chi connectivity index (χ1) is 15.0. The Morgan fingerprint density at radius 3 is 2.53 bits per heavy atom. The summed E-state index contributed by atoms with van der Waals surface area (Å²) in [5, 5.41) is 7.12. The van der Waals surface area contributed by atoms with E-state index >= 15 is 0 Å². The number of alkyl halides is 3. The second-order valence-corrected chi connectivity index (χ2v) is 7.85. The van der Waals surface area contributed by atoms with Crippen LogP contribution in [0.5, 0.6) is 0 Å². The Bertz CT molecular complexity index is 1010. The number of carbonyl (C=O) groups is 3. The van der Waals surface area contributed by atoms with Gasteiger partial charge in [0.1, 0.15) is 5.76 Å². The van der Waals surface area contributed by atoms with Gasteiger partial charge in [0, 0.05) is 25.8 Å². The smallest absolute Gasteiger partial charge is 0.475 e. The van der Waals surface area contributed by atoms with Crippen LogP contribution in [0.15, 0.2) is 41.3 Å². The SMILES string of the molecule is Cc1occc1C(=O)N1C[C@@H](C)[C@@]2(CCN(c3cccnc3)C2=O)C1.O=C(O)C(F)(F)F. The van der Waals surface area contributed by atoms with E-state index in [2.05, 4.69) is 11.9 Å². The number of carboxylic acid groups (broad SMARTS) is 1. The van der Waals surface area contributed by atoms with E-state index < -0.39 is 17.6 Å². The molecule has 0 saturated carbocycles. The highest BCUT2D eigenvalue weighted by Gasteiger charge is 2.56. The van der Waals surface area contributed by atoms with Crippen LogP contribution in [-0.4, -0.2) is 58.6 Å². The molecule has 11 heteroatoms. The molecule has 172 valence electrons. The summed E-state index contributed by atoms with van der Waals surface area (Å²) in [6.45, 7) is 5.58. The zero-order chi connectivity index (χ0) is 23.7. The van der Waals surface area contributed by atoms with Crippen LogP contribution in [0.4, 0.5) is 18.9 Å². The molecule has 2 aromatic rings. The third-order valence-electron chi connectivity index (χ3n) is 5.94. The number of aromatic nitrogens is 1. The number of hydrogen-bond acceptors (Lipinski definition) is 5. The molecule has 2 aromatic heterocycles. The number of carbonyl (C=O) groups excluding carboxylic acids is 2. The van der Waals surface area contributed by atoms with E-state index in [0.29, 0.717) is 31.0 Å². The molecular formula is C21H22F3N3O5. The van der Waals surface area contributed by atoms with Gasteiger partial charge in [-0.15, -0.1) is 0 Å². The lowest BCUT2D eigenvalue weighted by Gasteiger charge is -2.26. The van der Waals surface area contributed by atoms with Crippen molar-refractivity contribution in [1.29, 1.82) is 0 Å². The Labute approximate surface area is 181 Å². The molecular weight excluding hydrogens is 431 g/mol. The van der Waals surface area contributed by atoms with Crippen LogP contribution in [0.1, 0.15) is 29.5 Å². The molecule has 0 aromatic carbocycles. The van der Waals surface area contributed by atoms with Gasteiger partial charge >= 0.3 is 12.1 Å². The van der Waals surface area contributed by atoms with Crippen LogP contribution >= 0.6 is 0 Å². The summed E-state index contributed by atoms with van der Waals surface area (Å²) in [4.78, 5) is 42.6. The van der Waals surface area contributed by atoms with Crippen molar-refractivity contribution in [3.63, 3.8) is 0 Å². The Hall–Kier alpha value is -3.37. The number of carboxylic acids is 1. The average Bonchev–Trinajstić information content (AvgIpc) is 3.41. The van der Waals surface area contributed by atoms with E-state index in [1.165, 1.54) is 6.26 Å². The van der Waals surface area contributed by atoms with Crippen molar-refractivity contribution in [3.05, 3.63) is 48.2 Å². The molecule has 0 bridgehead atoms. The van der Waals surface area contributed by atoms with E-state index in [9.17, 15) is 22.8 Å². The average molecular weight is 453 g/mol. The van der Waals surface area contributed by atoms with Crippen molar-refractivity contribution in [2.75, 3.05) is 24.5 Å². The van der Waals surface area contributed by atoms with Crippen molar-refractivity contribution < 1.29 is 37.1 Å². The molecule has 4 rings (SSSR count). The van der Waals surface area contributed by atoms with Crippen molar-refractivity contribution in [3.8, 4) is 0 Å². The van der Waals surface area contributed by atoms with Crippen molar-refractivity contribution in [2.24, 2.45) is 11.3 Å². The zero-order valence-electron chi connectivity index (χ0n) is 17.4. The van der Waals surface area contributed by atoms with Crippen molar-refractivity contribution in [2.45, 2.75) is 26.4 Å². The number of aryl methyl sites for hydroxylation is 1. The lowest BCUT2D eigenvalue weighted by Crippen LogP contribution is -2.40. The fraction of sp³-hybridized carbons (Fsp3) is 0.429. The number of amides is 2. The van der Waals surface area contributed by atoms with E-state index in [4.69, 9.17) is 14.3 Å². The fourth-order valence-corrected chi connectivity index (χ4v) is 4.15. The van der Waals surface area contributed by atoms with Crippen molar-refractivity contribution in [1.82, 2.24) is 9.88 Å². The van der Waals surface area contributed by atoms with Gasteiger partial charge in [-0.05, 0) is 37.5 Å². The molecule has 0 aliphatic carbocycles. The summed E-state index contributed by atoms with van der Waals surface area (Å²) < 4.78 is 37.0. The Kier molecular flexibility index (Phi) is 6.29. The number of pyridine rings is 1.